The highest BCUT2D eigenvalue weighted by Crippen LogP contribution is 2.16. The zero-order valence-electron chi connectivity index (χ0n) is 15.8. The van der Waals surface area contributed by atoms with Crippen molar-refractivity contribution in [2.24, 2.45) is 4.99 Å². The maximum Gasteiger partial charge on any atom is 0.239 e. The van der Waals surface area contributed by atoms with Gasteiger partial charge in [-0.25, -0.2) is 4.99 Å². The summed E-state index contributed by atoms with van der Waals surface area (Å²) in [6.07, 6.45) is 1.80. The van der Waals surface area contributed by atoms with Crippen molar-refractivity contribution in [1.82, 2.24) is 20.9 Å². The van der Waals surface area contributed by atoms with Gasteiger partial charge >= 0.3 is 0 Å². The molecule has 6 nitrogen and oxygen atoms in total. The molecule has 0 radical (unpaired) electrons. The van der Waals surface area contributed by atoms with Gasteiger partial charge < -0.3 is 16.0 Å². The van der Waals surface area contributed by atoms with E-state index in [-0.39, 0.29) is 42.0 Å². The molecule has 0 aliphatic rings. The lowest BCUT2D eigenvalue weighted by Crippen LogP contribution is -2.48. The van der Waals surface area contributed by atoms with Crippen LogP contribution in [0.15, 0.2) is 41.5 Å². The van der Waals surface area contributed by atoms with Crippen LogP contribution < -0.4 is 16.0 Å². The van der Waals surface area contributed by atoms with Gasteiger partial charge in [0, 0.05) is 23.7 Å². The molecule has 2 aromatic rings. The fourth-order valence-electron chi connectivity index (χ4n) is 2.43. The van der Waals surface area contributed by atoms with Crippen molar-refractivity contribution in [1.29, 1.82) is 0 Å². The largest absolute Gasteiger partial charge is 0.357 e. The molecule has 142 valence electrons. The number of rotatable bonds is 5. The Morgan fingerprint density at radius 1 is 1.15 bits per heavy atom. The fraction of sp³-hybridized carbons (Fsp3) is 0.421. The zero-order valence-corrected chi connectivity index (χ0v) is 18.1. The normalized spacial score (nSPS) is 11.6. The van der Waals surface area contributed by atoms with Gasteiger partial charge in [0.25, 0.3) is 0 Å². The van der Waals surface area contributed by atoms with Gasteiger partial charge in [-0.2, -0.15) is 0 Å². The van der Waals surface area contributed by atoms with E-state index in [9.17, 15) is 4.79 Å². The number of carbonyl (C=O) groups is 1. The molecule has 0 unspecified atom stereocenters. The zero-order chi connectivity index (χ0) is 18.3. The van der Waals surface area contributed by atoms with Crippen LogP contribution in [0.1, 0.15) is 33.3 Å². The molecule has 7 heteroatoms. The van der Waals surface area contributed by atoms with Crippen molar-refractivity contribution in [3.8, 4) is 0 Å². The summed E-state index contributed by atoms with van der Waals surface area (Å²) < 4.78 is 0. The molecule has 0 atom stereocenters. The van der Waals surface area contributed by atoms with Crippen molar-refractivity contribution in [3.05, 3.63) is 42.1 Å². The molecule has 0 fully saturated rings. The summed E-state index contributed by atoms with van der Waals surface area (Å²) in [5, 5.41) is 10.2. The molecule has 0 spiro atoms. The number of halogens is 1. The highest BCUT2D eigenvalue weighted by atomic mass is 127. The summed E-state index contributed by atoms with van der Waals surface area (Å²) in [7, 11) is 0. The van der Waals surface area contributed by atoms with Crippen LogP contribution in [0.4, 0.5) is 0 Å². The van der Waals surface area contributed by atoms with E-state index in [0.29, 0.717) is 12.5 Å². The second-order valence-corrected chi connectivity index (χ2v) is 6.83. The van der Waals surface area contributed by atoms with Gasteiger partial charge in [0.05, 0.1) is 18.6 Å². The number of benzene rings is 1. The molecule has 1 aromatic carbocycles. The molecule has 26 heavy (non-hydrogen) atoms. The Kier molecular flexibility index (Phi) is 8.77. The minimum atomic E-state index is -0.246. The number of aliphatic imine (C=N–C) groups is 1. The van der Waals surface area contributed by atoms with Gasteiger partial charge in [0.15, 0.2) is 5.96 Å². The monoisotopic (exact) mass is 469 g/mol. The molecule has 2 rings (SSSR count). The van der Waals surface area contributed by atoms with E-state index in [4.69, 9.17) is 0 Å². The third kappa shape index (κ3) is 7.15. The average Bonchev–Trinajstić information content (AvgIpc) is 2.56. The van der Waals surface area contributed by atoms with Crippen LogP contribution in [-0.2, 0) is 11.3 Å². The summed E-state index contributed by atoms with van der Waals surface area (Å²) >= 11 is 0. The Bertz CT molecular complexity index is 750. The van der Waals surface area contributed by atoms with Gasteiger partial charge in [-0.15, -0.1) is 24.0 Å². The molecule has 1 amide bonds. The molecular weight excluding hydrogens is 441 g/mol. The van der Waals surface area contributed by atoms with Crippen LogP contribution >= 0.6 is 24.0 Å². The first-order valence-electron chi connectivity index (χ1n) is 8.55. The third-order valence-corrected chi connectivity index (χ3v) is 3.42. The lowest BCUT2D eigenvalue weighted by Gasteiger charge is -2.21. The molecule has 0 aliphatic carbocycles. The van der Waals surface area contributed by atoms with Gasteiger partial charge in [-0.3, -0.25) is 9.78 Å². The number of guanidine groups is 1. The van der Waals surface area contributed by atoms with E-state index in [2.05, 4.69) is 25.9 Å². The Hall–Kier alpha value is -1.90. The van der Waals surface area contributed by atoms with Crippen molar-refractivity contribution in [3.63, 3.8) is 0 Å². The maximum absolute atomic E-state index is 12.0. The highest BCUT2D eigenvalue weighted by molar-refractivity contribution is 14.0. The van der Waals surface area contributed by atoms with Crippen molar-refractivity contribution in [2.75, 3.05) is 13.1 Å². The summed E-state index contributed by atoms with van der Waals surface area (Å²) in [4.78, 5) is 20.9. The van der Waals surface area contributed by atoms with Crippen molar-refractivity contribution in [2.45, 2.75) is 39.8 Å². The summed E-state index contributed by atoms with van der Waals surface area (Å²) in [5.41, 5.74) is 1.81. The Labute approximate surface area is 172 Å². The van der Waals surface area contributed by atoms with E-state index >= 15 is 0 Å². The van der Waals surface area contributed by atoms with E-state index in [0.717, 1.165) is 23.0 Å². The van der Waals surface area contributed by atoms with E-state index in [1.807, 2.05) is 58.0 Å². The Morgan fingerprint density at radius 2 is 1.88 bits per heavy atom. The summed E-state index contributed by atoms with van der Waals surface area (Å²) in [6.45, 7) is 9.29. The quantitative estimate of drug-likeness (QED) is 0.358. The Morgan fingerprint density at radius 3 is 2.58 bits per heavy atom. The Balaban J connectivity index is 0.00000338. The SMILES string of the molecule is CCNC(=NCc1ccnc2ccccc12)NCC(=O)NC(C)(C)C.I. The van der Waals surface area contributed by atoms with Crippen LogP contribution in [0.2, 0.25) is 0 Å². The minimum Gasteiger partial charge on any atom is -0.357 e. The van der Waals surface area contributed by atoms with Crippen LogP contribution in [-0.4, -0.2) is 35.5 Å². The molecule has 0 saturated heterocycles. The predicted octanol–water partition coefficient (Wildman–Crippen LogP) is 2.82. The van der Waals surface area contributed by atoms with Crippen LogP contribution in [0.5, 0.6) is 0 Å². The summed E-state index contributed by atoms with van der Waals surface area (Å²) in [5.74, 6) is 0.555. The van der Waals surface area contributed by atoms with Gasteiger partial charge in [-0.1, -0.05) is 18.2 Å². The second-order valence-electron chi connectivity index (χ2n) is 6.83. The highest BCUT2D eigenvalue weighted by Gasteiger charge is 2.13. The molecule has 0 saturated carbocycles. The van der Waals surface area contributed by atoms with Crippen molar-refractivity contribution >= 4 is 46.7 Å². The van der Waals surface area contributed by atoms with E-state index in [1.54, 1.807) is 6.20 Å². The number of pyridine rings is 1. The first-order valence-corrected chi connectivity index (χ1v) is 8.55. The third-order valence-electron chi connectivity index (χ3n) is 3.42. The minimum absolute atomic E-state index is 0. The van der Waals surface area contributed by atoms with Crippen LogP contribution in [0.3, 0.4) is 0 Å². The number of aromatic nitrogens is 1. The summed E-state index contributed by atoms with van der Waals surface area (Å²) in [6, 6.07) is 9.98. The van der Waals surface area contributed by atoms with E-state index < -0.39 is 0 Å². The van der Waals surface area contributed by atoms with Crippen molar-refractivity contribution < 1.29 is 4.79 Å². The number of hydrogen-bond acceptors (Lipinski definition) is 3. The molecule has 0 aliphatic heterocycles. The van der Waals surface area contributed by atoms with Gasteiger partial charge in [0.2, 0.25) is 5.91 Å². The average molecular weight is 469 g/mol. The smallest absolute Gasteiger partial charge is 0.239 e. The van der Waals surface area contributed by atoms with Gasteiger partial charge in [0.1, 0.15) is 0 Å². The van der Waals surface area contributed by atoms with Gasteiger partial charge in [-0.05, 0) is 45.4 Å². The molecule has 3 N–H and O–H groups in total. The number of fused-ring (bicyclic) bond motifs is 1. The van der Waals surface area contributed by atoms with E-state index in [1.165, 1.54) is 0 Å². The number of amides is 1. The lowest BCUT2D eigenvalue weighted by atomic mass is 10.1. The predicted molar refractivity (Wildman–Crippen MR) is 118 cm³/mol. The first kappa shape index (κ1) is 22.1. The lowest BCUT2D eigenvalue weighted by molar-refractivity contribution is -0.121. The molecule has 1 aromatic heterocycles. The number of nitrogens with one attached hydrogen (secondary N) is 3. The fourth-order valence-corrected chi connectivity index (χ4v) is 2.43. The maximum atomic E-state index is 12.0. The molecule has 1 heterocycles. The number of carbonyl (C=O) groups excluding carboxylic acids is 1. The number of hydrogen-bond donors (Lipinski definition) is 3. The number of para-hydroxylation sites is 1. The number of nitrogens with zero attached hydrogens (tertiary/aromatic N) is 2. The standard InChI is InChI=1S/C19H27N5O.HI/c1-5-20-18(23-13-17(25)24-19(2,3)4)22-12-14-10-11-21-16-9-7-6-8-15(14)16;/h6-11H,5,12-13H2,1-4H3,(H,24,25)(H2,20,22,23);1H. The first-order chi connectivity index (χ1) is 11.9. The van der Waals surface area contributed by atoms with Crippen LogP contribution in [0.25, 0.3) is 10.9 Å². The molecule has 0 bridgehead atoms. The topological polar surface area (TPSA) is 78.4 Å². The molecular formula is C19H28IN5O. The van der Waals surface area contributed by atoms with Crippen LogP contribution in [0, 0.1) is 0 Å². The second kappa shape index (κ2) is 10.3.